The molecule has 1 aromatic heterocycles. The number of halogens is 1. The summed E-state index contributed by atoms with van der Waals surface area (Å²) in [7, 11) is 0. The molecule has 4 rings (SSSR count). The molecule has 7 heteroatoms. The number of likely N-dealkylation sites (tertiary alicyclic amines) is 1. The maximum atomic E-state index is 13.0. The summed E-state index contributed by atoms with van der Waals surface area (Å²) in [6.45, 7) is 1.08. The highest BCUT2D eigenvalue weighted by Gasteiger charge is 2.30. The van der Waals surface area contributed by atoms with Crippen LogP contribution in [0.1, 0.15) is 42.9 Å². The highest BCUT2D eigenvalue weighted by molar-refractivity contribution is 7.13. The normalized spacial score (nSPS) is 19.7. The molecule has 2 amide bonds. The molecule has 2 heterocycles. The van der Waals surface area contributed by atoms with Crippen LogP contribution in [0.25, 0.3) is 0 Å². The van der Waals surface area contributed by atoms with Crippen molar-refractivity contribution in [3.05, 3.63) is 46.7 Å². The zero-order valence-electron chi connectivity index (χ0n) is 15.0. The lowest BCUT2D eigenvalue weighted by molar-refractivity contribution is -0.133. The summed E-state index contributed by atoms with van der Waals surface area (Å²) in [6, 6.07) is 5.97. The summed E-state index contributed by atoms with van der Waals surface area (Å²) in [5.74, 6) is -0.0476. The van der Waals surface area contributed by atoms with Gasteiger partial charge in [-0.1, -0.05) is 12.1 Å². The van der Waals surface area contributed by atoms with Gasteiger partial charge in [-0.25, -0.2) is 9.37 Å². The first-order valence-corrected chi connectivity index (χ1v) is 10.2. The standard InChI is InChI=1S/C20H22FN3O2S/c21-16-7-3-13(4-8-16)10-18(25)24-9-1-2-15(11-24)19(26)23-20-22-17(12-27-20)14-5-6-14/h3-4,7-8,12,14-15H,1-2,5-6,9-11H2,(H,22,23,26). The summed E-state index contributed by atoms with van der Waals surface area (Å²) in [5, 5.41) is 5.59. The predicted molar refractivity (Wildman–Crippen MR) is 102 cm³/mol. The number of rotatable bonds is 5. The van der Waals surface area contributed by atoms with Gasteiger partial charge < -0.3 is 10.2 Å². The number of carbonyl (C=O) groups excluding carboxylic acids is 2. The maximum absolute atomic E-state index is 13.0. The number of hydrogen-bond donors (Lipinski definition) is 1. The van der Waals surface area contributed by atoms with Crippen molar-refractivity contribution in [3.63, 3.8) is 0 Å². The molecule has 1 saturated heterocycles. The molecule has 2 fully saturated rings. The number of benzene rings is 1. The minimum absolute atomic E-state index is 0.0237. The molecule has 1 unspecified atom stereocenters. The van der Waals surface area contributed by atoms with E-state index in [0.29, 0.717) is 24.1 Å². The van der Waals surface area contributed by atoms with Crippen molar-refractivity contribution in [3.8, 4) is 0 Å². The van der Waals surface area contributed by atoms with E-state index >= 15 is 0 Å². The summed E-state index contributed by atoms with van der Waals surface area (Å²) in [4.78, 5) is 31.4. The van der Waals surface area contributed by atoms with Gasteiger partial charge in [0.15, 0.2) is 5.13 Å². The number of amides is 2. The van der Waals surface area contributed by atoms with Crippen LogP contribution in [0.4, 0.5) is 9.52 Å². The van der Waals surface area contributed by atoms with Gasteiger partial charge in [-0.2, -0.15) is 0 Å². The SMILES string of the molecule is O=C(Nc1nc(C2CC2)cs1)C1CCCN(C(=O)Cc2ccc(F)cc2)C1. The summed E-state index contributed by atoms with van der Waals surface area (Å²) in [6.07, 6.45) is 4.17. The van der Waals surface area contributed by atoms with Gasteiger partial charge in [0.25, 0.3) is 0 Å². The molecule has 1 N–H and O–H groups in total. The molecule has 2 aromatic rings. The monoisotopic (exact) mass is 387 g/mol. The van der Waals surface area contributed by atoms with Crippen molar-refractivity contribution < 1.29 is 14.0 Å². The molecule has 0 radical (unpaired) electrons. The third kappa shape index (κ3) is 4.53. The van der Waals surface area contributed by atoms with Crippen LogP contribution in [-0.2, 0) is 16.0 Å². The fourth-order valence-electron chi connectivity index (χ4n) is 3.42. The molecule has 1 aliphatic carbocycles. The minimum Gasteiger partial charge on any atom is -0.342 e. The highest BCUT2D eigenvalue weighted by atomic mass is 32.1. The fourth-order valence-corrected chi connectivity index (χ4v) is 4.22. The largest absolute Gasteiger partial charge is 0.342 e. The molecular weight excluding hydrogens is 365 g/mol. The molecule has 2 aliphatic rings. The Morgan fingerprint density at radius 1 is 1.22 bits per heavy atom. The number of thiazole rings is 1. The van der Waals surface area contributed by atoms with Crippen LogP contribution in [0.15, 0.2) is 29.6 Å². The first-order chi connectivity index (χ1) is 13.1. The van der Waals surface area contributed by atoms with Crippen LogP contribution in [0.5, 0.6) is 0 Å². The number of carbonyl (C=O) groups is 2. The van der Waals surface area contributed by atoms with Crippen LogP contribution in [-0.4, -0.2) is 34.8 Å². The van der Waals surface area contributed by atoms with E-state index in [-0.39, 0.29) is 30.0 Å². The zero-order chi connectivity index (χ0) is 18.8. The van der Waals surface area contributed by atoms with E-state index in [2.05, 4.69) is 10.3 Å². The molecule has 5 nitrogen and oxygen atoms in total. The van der Waals surface area contributed by atoms with E-state index in [9.17, 15) is 14.0 Å². The van der Waals surface area contributed by atoms with E-state index in [4.69, 9.17) is 0 Å². The second kappa shape index (κ2) is 7.76. The average molecular weight is 387 g/mol. The lowest BCUT2D eigenvalue weighted by Crippen LogP contribution is -2.44. The Morgan fingerprint density at radius 3 is 2.74 bits per heavy atom. The highest BCUT2D eigenvalue weighted by Crippen LogP contribution is 2.41. The van der Waals surface area contributed by atoms with Gasteiger partial charge in [0.05, 0.1) is 18.0 Å². The molecule has 27 heavy (non-hydrogen) atoms. The molecule has 0 spiro atoms. The number of piperidine rings is 1. The Bertz CT molecular complexity index is 832. The predicted octanol–water partition coefficient (Wildman–Crippen LogP) is 3.58. The van der Waals surface area contributed by atoms with Gasteiger partial charge >= 0.3 is 0 Å². The fraction of sp³-hybridized carbons (Fsp3) is 0.450. The molecule has 1 aromatic carbocycles. The number of aromatic nitrogens is 1. The third-order valence-corrected chi connectivity index (χ3v) is 5.94. The molecule has 1 atom stereocenters. The Balaban J connectivity index is 1.32. The van der Waals surface area contributed by atoms with Gasteiger partial charge in [-0.3, -0.25) is 9.59 Å². The van der Waals surface area contributed by atoms with E-state index in [1.54, 1.807) is 17.0 Å². The number of anilines is 1. The summed E-state index contributed by atoms with van der Waals surface area (Å²) in [5.41, 5.74) is 1.86. The maximum Gasteiger partial charge on any atom is 0.231 e. The topological polar surface area (TPSA) is 62.3 Å². The van der Waals surface area contributed by atoms with E-state index in [0.717, 1.165) is 24.1 Å². The molecular formula is C20H22FN3O2S. The lowest BCUT2D eigenvalue weighted by Gasteiger charge is -2.32. The van der Waals surface area contributed by atoms with Gasteiger partial charge in [0, 0.05) is 24.4 Å². The quantitative estimate of drug-likeness (QED) is 0.853. The smallest absolute Gasteiger partial charge is 0.231 e. The van der Waals surface area contributed by atoms with Gasteiger partial charge in [0.2, 0.25) is 11.8 Å². The van der Waals surface area contributed by atoms with Crippen LogP contribution in [0.3, 0.4) is 0 Å². The second-order valence-electron chi connectivity index (χ2n) is 7.32. The lowest BCUT2D eigenvalue weighted by atomic mass is 9.96. The van der Waals surface area contributed by atoms with Crippen molar-refractivity contribution in [2.24, 2.45) is 5.92 Å². The van der Waals surface area contributed by atoms with Crippen molar-refractivity contribution in [1.29, 1.82) is 0 Å². The average Bonchev–Trinajstić information content (AvgIpc) is 3.43. The van der Waals surface area contributed by atoms with Crippen molar-refractivity contribution in [1.82, 2.24) is 9.88 Å². The van der Waals surface area contributed by atoms with Crippen molar-refractivity contribution in [2.45, 2.75) is 38.0 Å². The van der Waals surface area contributed by atoms with E-state index in [1.807, 2.05) is 5.38 Å². The van der Waals surface area contributed by atoms with Gasteiger partial charge in [-0.15, -0.1) is 11.3 Å². The van der Waals surface area contributed by atoms with Gasteiger partial charge in [-0.05, 0) is 43.4 Å². The summed E-state index contributed by atoms with van der Waals surface area (Å²) < 4.78 is 13.0. The summed E-state index contributed by atoms with van der Waals surface area (Å²) >= 11 is 1.47. The van der Waals surface area contributed by atoms with Crippen molar-refractivity contribution in [2.75, 3.05) is 18.4 Å². The van der Waals surface area contributed by atoms with E-state index < -0.39 is 0 Å². The molecule has 1 saturated carbocycles. The van der Waals surface area contributed by atoms with Gasteiger partial charge in [0.1, 0.15) is 5.82 Å². The number of nitrogens with one attached hydrogen (secondary N) is 1. The first kappa shape index (κ1) is 18.1. The van der Waals surface area contributed by atoms with Crippen LogP contribution < -0.4 is 5.32 Å². The van der Waals surface area contributed by atoms with Crippen molar-refractivity contribution >= 4 is 28.3 Å². The first-order valence-electron chi connectivity index (χ1n) is 9.37. The van der Waals surface area contributed by atoms with E-state index in [1.165, 1.54) is 36.3 Å². The molecule has 0 bridgehead atoms. The minimum atomic E-state index is -0.312. The van der Waals surface area contributed by atoms with Crippen LogP contribution in [0, 0.1) is 11.7 Å². The third-order valence-electron chi connectivity index (χ3n) is 5.16. The van der Waals surface area contributed by atoms with Crippen LogP contribution >= 0.6 is 11.3 Å². The Morgan fingerprint density at radius 2 is 2.00 bits per heavy atom. The Kier molecular flexibility index (Phi) is 5.20. The Hall–Kier alpha value is -2.28. The zero-order valence-corrected chi connectivity index (χ0v) is 15.8. The second-order valence-corrected chi connectivity index (χ2v) is 8.18. The number of hydrogen-bond acceptors (Lipinski definition) is 4. The molecule has 142 valence electrons. The van der Waals surface area contributed by atoms with Crippen LogP contribution in [0.2, 0.25) is 0 Å². The Labute approximate surface area is 161 Å². The number of nitrogens with zero attached hydrogens (tertiary/aromatic N) is 2. The molecule has 1 aliphatic heterocycles.